The van der Waals surface area contributed by atoms with E-state index in [2.05, 4.69) is 17.2 Å². The molecular weight excluding hydrogens is 370 g/mol. The molecule has 0 bridgehead atoms. The topological polar surface area (TPSA) is 90.9 Å². The van der Waals surface area contributed by atoms with Crippen LogP contribution in [0.3, 0.4) is 0 Å². The summed E-state index contributed by atoms with van der Waals surface area (Å²) in [6.07, 6.45) is 5.63. The number of piperidine rings is 1. The Balaban J connectivity index is 1.46. The largest absolute Gasteiger partial charge is 0.489 e. The van der Waals surface area contributed by atoms with Gasteiger partial charge in [-0.2, -0.15) is 0 Å². The van der Waals surface area contributed by atoms with E-state index >= 15 is 0 Å². The van der Waals surface area contributed by atoms with Crippen molar-refractivity contribution in [3.63, 3.8) is 0 Å². The number of hydrogen-bond acceptors (Lipinski definition) is 5. The first-order valence-electron chi connectivity index (χ1n) is 10.5. The van der Waals surface area contributed by atoms with Crippen LogP contribution in [0.1, 0.15) is 54.4 Å². The smallest absolute Gasteiger partial charge is 0.255 e. The number of carbonyl (C=O) groups excluding carboxylic acids is 2. The van der Waals surface area contributed by atoms with Crippen LogP contribution in [0.5, 0.6) is 5.75 Å². The van der Waals surface area contributed by atoms with Crippen LogP contribution in [-0.2, 0) is 11.3 Å². The van der Waals surface area contributed by atoms with Crippen LogP contribution >= 0.6 is 0 Å². The number of aliphatic hydroxyl groups excluding tert-OH is 1. The minimum Gasteiger partial charge on any atom is -0.489 e. The Bertz CT molecular complexity index is 809. The number of ether oxygens (including phenoxy) is 1. The predicted octanol–water partition coefficient (Wildman–Crippen LogP) is 1.71. The van der Waals surface area contributed by atoms with Gasteiger partial charge in [-0.3, -0.25) is 9.59 Å². The van der Waals surface area contributed by atoms with Crippen LogP contribution in [0.25, 0.3) is 0 Å². The molecule has 2 fully saturated rings. The first-order chi connectivity index (χ1) is 14.1. The molecule has 1 aromatic rings. The van der Waals surface area contributed by atoms with Crippen LogP contribution in [0, 0.1) is 0 Å². The number of benzene rings is 1. The van der Waals surface area contributed by atoms with Gasteiger partial charge in [-0.05, 0) is 55.9 Å². The molecule has 0 radical (unpaired) electrons. The number of fused-ring (bicyclic) bond motifs is 1. The summed E-state index contributed by atoms with van der Waals surface area (Å²) in [5.74, 6) is 0.501. The van der Waals surface area contributed by atoms with E-state index in [0.717, 1.165) is 37.0 Å². The number of hydrogen-bond donors (Lipinski definition) is 3. The maximum absolute atomic E-state index is 12.8. The van der Waals surface area contributed by atoms with E-state index < -0.39 is 6.04 Å². The molecule has 2 amide bonds. The van der Waals surface area contributed by atoms with Crippen molar-refractivity contribution in [2.24, 2.45) is 0 Å². The number of aliphatic hydroxyl groups is 1. The number of nitrogens with one attached hydrogen (secondary N) is 2. The van der Waals surface area contributed by atoms with Gasteiger partial charge in [0.2, 0.25) is 5.91 Å². The van der Waals surface area contributed by atoms with Crippen molar-refractivity contribution in [3.05, 3.63) is 41.6 Å². The Kier molecular flexibility index (Phi) is 5.87. The van der Waals surface area contributed by atoms with E-state index in [0.29, 0.717) is 37.2 Å². The molecule has 1 saturated heterocycles. The van der Waals surface area contributed by atoms with E-state index in [1.165, 1.54) is 0 Å². The van der Waals surface area contributed by atoms with Crippen molar-refractivity contribution in [3.8, 4) is 5.75 Å². The summed E-state index contributed by atoms with van der Waals surface area (Å²) in [5.41, 5.74) is 2.26. The third kappa shape index (κ3) is 4.16. The standard InChI is InChI=1S/C22H29N3O4/c1-14-6-9-19(21(27)24-14)25-13-15-12-16(7-8-17(15)22(25)28)29-20-5-3-2-4-18(20)23-10-11-26/h7-8,12,18-20,23,26H,1-6,9-11,13H2,(H,24,27)/t18-,19?,20+/m1/s1. The molecular formula is C22H29N3O4. The monoisotopic (exact) mass is 399 g/mol. The van der Waals surface area contributed by atoms with E-state index in [9.17, 15) is 9.59 Å². The lowest BCUT2D eigenvalue weighted by atomic mass is 9.92. The van der Waals surface area contributed by atoms with Crippen molar-refractivity contribution in [1.29, 1.82) is 0 Å². The summed E-state index contributed by atoms with van der Waals surface area (Å²) >= 11 is 0. The van der Waals surface area contributed by atoms with E-state index in [4.69, 9.17) is 9.84 Å². The molecule has 2 aliphatic heterocycles. The van der Waals surface area contributed by atoms with Gasteiger partial charge >= 0.3 is 0 Å². The Morgan fingerprint density at radius 2 is 2.07 bits per heavy atom. The quantitative estimate of drug-likeness (QED) is 0.677. The summed E-state index contributed by atoms with van der Waals surface area (Å²) in [7, 11) is 0. The van der Waals surface area contributed by atoms with Gasteiger partial charge in [-0.15, -0.1) is 0 Å². The summed E-state index contributed by atoms with van der Waals surface area (Å²) < 4.78 is 6.28. The van der Waals surface area contributed by atoms with Crippen LogP contribution in [0.2, 0.25) is 0 Å². The maximum atomic E-state index is 12.8. The zero-order valence-corrected chi connectivity index (χ0v) is 16.7. The molecule has 7 heteroatoms. The second-order valence-corrected chi connectivity index (χ2v) is 8.12. The molecule has 7 nitrogen and oxygen atoms in total. The fraction of sp³-hybridized carbons (Fsp3) is 0.545. The Morgan fingerprint density at radius 1 is 1.24 bits per heavy atom. The molecule has 0 spiro atoms. The third-order valence-electron chi connectivity index (χ3n) is 6.12. The molecule has 156 valence electrons. The van der Waals surface area contributed by atoms with Crippen LogP contribution in [-0.4, -0.2) is 53.2 Å². The molecule has 3 N–H and O–H groups in total. The second-order valence-electron chi connectivity index (χ2n) is 8.12. The van der Waals surface area contributed by atoms with Gasteiger partial charge in [0, 0.05) is 30.4 Å². The van der Waals surface area contributed by atoms with Crippen LogP contribution in [0.15, 0.2) is 30.5 Å². The average Bonchev–Trinajstić information content (AvgIpc) is 3.03. The van der Waals surface area contributed by atoms with Gasteiger partial charge in [0.1, 0.15) is 17.9 Å². The summed E-state index contributed by atoms with van der Waals surface area (Å²) in [4.78, 5) is 26.8. The first-order valence-corrected chi connectivity index (χ1v) is 10.5. The molecule has 2 heterocycles. The zero-order valence-electron chi connectivity index (χ0n) is 16.7. The van der Waals surface area contributed by atoms with E-state index in [-0.39, 0.29) is 30.6 Å². The molecule has 1 aliphatic carbocycles. The maximum Gasteiger partial charge on any atom is 0.255 e. The molecule has 1 saturated carbocycles. The Morgan fingerprint density at radius 3 is 2.86 bits per heavy atom. The van der Waals surface area contributed by atoms with Crippen molar-refractivity contribution < 1.29 is 19.4 Å². The lowest BCUT2D eigenvalue weighted by molar-refractivity contribution is -0.126. The van der Waals surface area contributed by atoms with Crippen molar-refractivity contribution in [2.45, 2.75) is 63.3 Å². The summed E-state index contributed by atoms with van der Waals surface area (Å²) in [5, 5.41) is 15.2. The zero-order chi connectivity index (χ0) is 20.4. The van der Waals surface area contributed by atoms with E-state index in [1.54, 1.807) is 4.90 Å². The third-order valence-corrected chi connectivity index (χ3v) is 6.12. The first kappa shape index (κ1) is 19.9. The SMILES string of the molecule is C=C1CCC(N2Cc3cc(O[C@H]4CCCC[C@H]4NCCO)ccc3C2=O)C(=O)N1. The van der Waals surface area contributed by atoms with Gasteiger partial charge in [-0.1, -0.05) is 13.0 Å². The van der Waals surface area contributed by atoms with Crippen molar-refractivity contribution >= 4 is 11.8 Å². The van der Waals surface area contributed by atoms with Gasteiger partial charge in [-0.25, -0.2) is 0 Å². The lowest BCUT2D eigenvalue weighted by Gasteiger charge is -2.32. The van der Waals surface area contributed by atoms with Crippen LogP contribution in [0.4, 0.5) is 0 Å². The Labute approximate surface area is 171 Å². The van der Waals surface area contributed by atoms with Gasteiger partial charge in [0.05, 0.1) is 6.61 Å². The molecule has 1 aromatic carbocycles. The molecule has 3 aliphatic rings. The highest BCUT2D eigenvalue weighted by Gasteiger charge is 2.38. The number of rotatable bonds is 6. The fourth-order valence-electron chi connectivity index (χ4n) is 4.60. The van der Waals surface area contributed by atoms with Gasteiger partial charge in [0.15, 0.2) is 0 Å². The fourth-order valence-corrected chi connectivity index (χ4v) is 4.60. The summed E-state index contributed by atoms with van der Waals surface area (Å²) in [6.45, 7) is 4.91. The molecule has 1 unspecified atom stereocenters. The highest BCUT2D eigenvalue weighted by atomic mass is 16.5. The second kappa shape index (κ2) is 8.55. The molecule has 29 heavy (non-hydrogen) atoms. The summed E-state index contributed by atoms with van der Waals surface area (Å²) in [6, 6.07) is 5.37. The highest BCUT2D eigenvalue weighted by Crippen LogP contribution is 2.32. The number of amides is 2. The average molecular weight is 399 g/mol. The highest BCUT2D eigenvalue weighted by molar-refractivity contribution is 6.01. The molecule has 4 rings (SSSR count). The normalized spacial score (nSPS) is 27.0. The van der Waals surface area contributed by atoms with E-state index in [1.807, 2.05) is 18.2 Å². The molecule has 0 aromatic heterocycles. The van der Waals surface area contributed by atoms with Gasteiger partial charge < -0.3 is 25.4 Å². The molecule has 3 atom stereocenters. The van der Waals surface area contributed by atoms with Crippen molar-refractivity contribution in [2.75, 3.05) is 13.2 Å². The number of nitrogens with zero attached hydrogens (tertiary/aromatic N) is 1. The Hall–Kier alpha value is -2.38. The number of allylic oxidation sites excluding steroid dienone is 1. The predicted molar refractivity (Wildman–Crippen MR) is 108 cm³/mol. The minimum absolute atomic E-state index is 0.0525. The lowest BCUT2D eigenvalue weighted by Crippen LogP contribution is -2.49. The minimum atomic E-state index is -0.449. The number of carbonyl (C=O) groups is 2. The van der Waals surface area contributed by atoms with Crippen LogP contribution < -0.4 is 15.4 Å². The van der Waals surface area contributed by atoms with Gasteiger partial charge in [0.25, 0.3) is 5.91 Å². The van der Waals surface area contributed by atoms with Crippen molar-refractivity contribution in [1.82, 2.24) is 15.5 Å².